The molecule has 3 aliphatic heterocycles. The molecule has 2 aromatic carbocycles. The summed E-state index contributed by atoms with van der Waals surface area (Å²) >= 11 is 0. The van der Waals surface area contributed by atoms with Crippen LogP contribution in [0.4, 0.5) is 10.1 Å². The lowest BCUT2D eigenvalue weighted by molar-refractivity contribution is 0.0780. The van der Waals surface area contributed by atoms with E-state index in [1.54, 1.807) is 23.2 Å². The van der Waals surface area contributed by atoms with Gasteiger partial charge in [0.1, 0.15) is 17.2 Å². The van der Waals surface area contributed by atoms with Crippen molar-refractivity contribution < 1.29 is 13.9 Å². The number of imidazole rings is 1. The average Bonchev–Trinajstić information content (AvgIpc) is 3.53. The summed E-state index contributed by atoms with van der Waals surface area (Å²) < 4.78 is 21.4. The summed E-state index contributed by atoms with van der Waals surface area (Å²) in [4.78, 5) is 35.3. The zero-order valence-electron chi connectivity index (χ0n) is 19.1. The van der Waals surface area contributed by atoms with Crippen molar-refractivity contribution in [2.24, 2.45) is 0 Å². The summed E-state index contributed by atoms with van der Waals surface area (Å²) in [7, 11) is 0. The minimum Gasteiger partial charge on any atom is -0.381 e. The van der Waals surface area contributed by atoms with E-state index in [4.69, 9.17) is 4.74 Å². The van der Waals surface area contributed by atoms with Crippen LogP contribution in [0.3, 0.4) is 0 Å². The van der Waals surface area contributed by atoms with Crippen molar-refractivity contribution >= 4 is 28.1 Å². The third-order valence-corrected chi connectivity index (χ3v) is 7.04. The van der Waals surface area contributed by atoms with Crippen LogP contribution in [0.15, 0.2) is 41.3 Å². The Balaban J connectivity index is 0.00000106. The molecule has 1 fully saturated rings. The molecular formula is C26H25FN4O3. The number of aromatic amines is 1. The number of nitrogens with one attached hydrogen (secondary N) is 1. The zero-order chi connectivity index (χ0) is 23.6. The highest BCUT2D eigenvalue weighted by molar-refractivity contribution is 6.14. The van der Waals surface area contributed by atoms with Crippen LogP contribution >= 0.6 is 0 Å². The smallest absolute Gasteiger partial charge is 0.274 e. The first-order valence-electron chi connectivity index (χ1n) is 11.9. The van der Waals surface area contributed by atoms with Crippen LogP contribution in [0, 0.1) is 5.82 Å². The van der Waals surface area contributed by atoms with E-state index < -0.39 is 0 Å². The Hall–Kier alpha value is -3.52. The van der Waals surface area contributed by atoms with Crippen LogP contribution in [0.1, 0.15) is 66.0 Å². The van der Waals surface area contributed by atoms with Gasteiger partial charge in [0.05, 0.1) is 29.9 Å². The van der Waals surface area contributed by atoms with Gasteiger partial charge in [-0.05, 0) is 60.7 Å². The molecule has 1 saturated heterocycles. The maximum absolute atomic E-state index is 13.8. The molecule has 2 atom stereocenters. The maximum atomic E-state index is 13.8. The van der Waals surface area contributed by atoms with E-state index in [0.29, 0.717) is 29.6 Å². The van der Waals surface area contributed by atoms with Gasteiger partial charge in [-0.1, -0.05) is 13.8 Å². The number of hydrogen-bond acceptors (Lipinski definition) is 4. The van der Waals surface area contributed by atoms with Crippen molar-refractivity contribution in [3.63, 3.8) is 0 Å². The first-order chi connectivity index (χ1) is 16.6. The minimum atomic E-state index is -0.298. The van der Waals surface area contributed by atoms with Gasteiger partial charge in [-0.2, -0.15) is 0 Å². The molecule has 0 aliphatic carbocycles. The Morgan fingerprint density at radius 3 is 2.79 bits per heavy atom. The molecule has 4 aromatic rings. The number of carbonyl (C=O) groups excluding carboxylic acids is 1. The fourth-order valence-electron chi connectivity index (χ4n) is 5.60. The molecule has 7 rings (SSSR count). The molecule has 0 saturated carbocycles. The summed E-state index contributed by atoms with van der Waals surface area (Å²) in [5, 5.41) is 0. The second kappa shape index (κ2) is 7.77. The highest BCUT2D eigenvalue weighted by Crippen LogP contribution is 2.47. The van der Waals surface area contributed by atoms with Crippen LogP contribution in [0.2, 0.25) is 0 Å². The van der Waals surface area contributed by atoms with E-state index in [-0.39, 0.29) is 29.2 Å². The first-order valence-corrected chi connectivity index (χ1v) is 11.9. The number of carbonyl (C=O) groups is 1. The summed E-state index contributed by atoms with van der Waals surface area (Å²) in [5.41, 5.74) is 4.73. The molecule has 0 bridgehead atoms. The van der Waals surface area contributed by atoms with Crippen molar-refractivity contribution in [3.05, 3.63) is 75.2 Å². The first kappa shape index (κ1) is 21.0. The average molecular weight is 461 g/mol. The summed E-state index contributed by atoms with van der Waals surface area (Å²) in [6, 6.07) is 8.16. The van der Waals surface area contributed by atoms with Crippen LogP contribution < -0.4 is 10.5 Å². The molecule has 3 aliphatic rings. The Kier molecular flexibility index (Phi) is 4.81. The number of benzene rings is 2. The van der Waals surface area contributed by atoms with E-state index in [1.165, 1.54) is 12.1 Å². The normalized spacial score (nSPS) is 20.8. The highest BCUT2D eigenvalue weighted by Gasteiger charge is 2.43. The lowest BCUT2D eigenvalue weighted by Gasteiger charge is -2.21. The van der Waals surface area contributed by atoms with Gasteiger partial charge in [0.15, 0.2) is 0 Å². The van der Waals surface area contributed by atoms with Gasteiger partial charge in [0.2, 0.25) is 0 Å². The van der Waals surface area contributed by atoms with Crippen LogP contribution in [0.25, 0.3) is 16.6 Å². The van der Waals surface area contributed by atoms with E-state index >= 15 is 0 Å². The number of rotatable bonds is 1. The minimum absolute atomic E-state index is 0.112. The van der Waals surface area contributed by atoms with E-state index in [1.807, 2.05) is 24.3 Å². The maximum Gasteiger partial charge on any atom is 0.274 e. The summed E-state index contributed by atoms with van der Waals surface area (Å²) in [5.74, 6) is 0.507. The molecule has 174 valence electrons. The van der Waals surface area contributed by atoms with Gasteiger partial charge >= 0.3 is 0 Å². The van der Waals surface area contributed by atoms with Gasteiger partial charge in [-0.15, -0.1) is 0 Å². The molecule has 8 heteroatoms. The predicted octanol–water partition coefficient (Wildman–Crippen LogP) is 4.49. The molecule has 0 radical (unpaired) electrons. The van der Waals surface area contributed by atoms with Crippen LogP contribution in [0.5, 0.6) is 0 Å². The topological polar surface area (TPSA) is 79.7 Å². The second-order valence-electron chi connectivity index (χ2n) is 8.83. The summed E-state index contributed by atoms with van der Waals surface area (Å²) in [6.07, 6.45) is 4.09. The van der Waals surface area contributed by atoms with Crippen molar-refractivity contribution in [2.45, 2.75) is 45.1 Å². The number of fused-ring (bicyclic) bond motifs is 8. The van der Waals surface area contributed by atoms with Gasteiger partial charge < -0.3 is 14.6 Å². The van der Waals surface area contributed by atoms with Gasteiger partial charge in [0, 0.05) is 23.8 Å². The largest absolute Gasteiger partial charge is 0.381 e. The van der Waals surface area contributed by atoms with Gasteiger partial charge in [-0.25, -0.2) is 9.37 Å². The molecule has 1 N–H and O–H groups in total. The summed E-state index contributed by atoms with van der Waals surface area (Å²) in [6.45, 7) is 5.32. The zero-order valence-corrected chi connectivity index (χ0v) is 19.1. The fourth-order valence-corrected chi connectivity index (χ4v) is 5.60. The van der Waals surface area contributed by atoms with E-state index in [0.717, 1.165) is 47.6 Å². The second-order valence-corrected chi connectivity index (χ2v) is 8.83. The molecule has 7 nitrogen and oxygen atoms in total. The lowest BCUT2D eigenvalue weighted by Crippen LogP contribution is -2.23. The quantitative estimate of drug-likeness (QED) is 0.454. The fraction of sp³-hybridized carbons (Fsp3) is 0.346. The number of hydrogen-bond donors (Lipinski definition) is 1. The molecule has 34 heavy (non-hydrogen) atoms. The Morgan fingerprint density at radius 1 is 1.15 bits per heavy atom. The number of amides is 1. The van der Waals surface area contributed by atoms with Crippen molar-refractivity contribution in [1.29, 1.82) is 0 Å². The van der Waals surface area contributed by atoms with Gasteiger partial charge in [-0.3, -0.25) is 14.0 Å². The standard InChI is InChI=1S/C24H19FN4O3.C2H6/c25-14-3-4-18-13(6-14)7-19-15-9-20-17(8-16(15)24(31)29(18)19)27-23(30)21-10-26-22(28(20)21)12-2-1-5-32-11-12;1-2/h3-4,6,8-10,12,19H,1-2,5,7,11H2,(H,27,30);1-2H3. The molecule has 2 aromatic heterocycles. The van der Waals surface area contributed by atoms with Crippen LogP contribution in [-0.4, -0.2) is 33.5 Å². The van der Waals surface area contributed by atoms with Crippen LogP contribution in [-0.2, 0) is 11.2 Å². The van der Waals surface area contributed by atoms with Crippen molar-refractivity contribution in [2.75, 3.05) is 18.1 Å². The highest BCUT2D eigenvalue weighted by atomic mass is 19.1. The van der Waals surface area contributed by atoms with E-state index in [9.17, 15) is 14.0 Å². The monoisotopic (exact) mass is 460 g/mol. The molecule has 2 unspecified atom stereocenters. The number of ether oxygens (including phenoxy) is 1. The third kappa shape index (κ3) is 2.88. The number of H-pyrrole nitrogens is 1. The molecular weight excluding hydrogens is 435 g/mol. The third-order valence-electron chi connectivity index (χ3n) is 7.04. The molecule has 0 spiro atoms. The van der Waals surface area contributed by atoms with Crippen molar-refractivity contribution in [1.82, 2.24) is 14.4 Å². The number of nitrogens with zero attached hydrogens (tertiary/aromatic N) is 3. The number of aromatic nitrogens is 3. The van der Waals surface area contributed by atoms with Gasteiger partial charge in [0.25, 0.3) is 11.5 Å². The molecule has 5 heterocycles. The number of halogens is 1. The Bertz CT molecular complexity index is 1520. The Morgan fingerprint density at radius 2 is 2.00 bits per heavy atom. The lowest BCUT2D eigenvalue weighted by atomic mass is 9.98. The number of anilines is 1. The Labute approximate surface area is 195 Å². The predicted molar refractivity (Wildman–Crippen MR) is 127 cm³/mol. The molecule has 1 amide bonds. The SMILES string of the molecule is CC.O=C1c2cc3[nH]c(=O)c4cnc(C5CCCOC5)n4c3cc2C2Cc3cc(F)ccc3N12. The van der Waals surface area contributed by atoms with E-state index in [2.05, 4.69) is 9.97 Å². The van der Waals surface area contributed by atoms with Crippen molar-refractivity contribution in [3.8, 4) is 0 Å².